The summed E-state index contributed by atoms with van der Waals surface area (Å²) in [7, 11) is 0.735. The van der Waals surface area contributed by atoms with Crippen LogP contribution in [0.2, 0.25) is 0 Å². The van der Waals surface area contributed by atoms with Gasteiger partial charge in [-0.3, -0.25) is 4.21 Å². The van der Waals surface area contributed by atoms with E-state index in [2.05, 4.69) is 32.7 Å². The van der Waals surface area contributed by atoms with Crippen molar-refractivity contribution in [2.24, 2.45) is 5.92 Å². The van der Waals surface area contributed by atoms with Crippen molar-refractivity contribution in [3.8, 4) is 0 Å². The van der Waals surface area contributed by atoms with Crippen molar-refractivity contribution in [2.45, 2.75) is 31.1 Å². The molecule has 9 heteroatoms. The van der Waals surface area contributed by atoms with Crippen LogP contribution >= 0.6 is 0 Å². The Labute approximate surface area is 190 Å². The zero-order valence-electron chi connectivity index (χ0n) is 18.2. The molecular weight excluding hydrogens is 426 g/mol. The number of hydrogen-bond donors (Lipinski definition) is 4. The Morgan fingerprint density at radius 1 is 1.12 bits per heavy atom. The lowest BCUT2D eigenvalue weighted by Gasteiger charge is -2.19. The molecule has 0 aliphatic heterocycles. The fourth-order valence-corrected chi connectivity index (χ4v) is 5.84. The molecule has 2 aromatic heterocycles. The van der Waals surface area contributed by atoms with Gasteiger partial charge in [-0.1, -0.05) is 30.3 Å². The second kappa shape index (κ2) is 10.5. The van der Waals surface area contributed by atoms with E-state index in [4.69, 9.17) is 0 Å². The van der Waals surface area contributed by atoms with E-state index in [0.717, 1.165) is 24.2 Å². The van der Waals surface area contributed by atoms with Gasteiger partial charge in [-0.25, -0.2) is 9.97 Å². The first-order valence-electron chi connectivity index (χ1n) is 11.0. The predicted octanol–water partition coefficient (Wildman–Crippen LogP) is 1.34. The molecule has 5 unspecified atom stereocenters. The van der Waals surface area contributed by atoms with Gasteiger partial charge in [0.2, 0.25) is 0 Å². The molecule has 0 saturated heterocycles. The van der Waals surface area contributed by atoms with Crippen LogP contribution in [-0.2, 0) is 17.2 Å². The summed E-state index contributed by atoms with van der Waals surface area (Å²) < 4.78 is 14.5. The van der Waals surface area contributed by atoms with Crippen molar-refractivity contribution in [1.82, 2.24) is 19.9 Å². The number of nitrogens with zero attached hydrogens (tertiary/aromatic N) is 3. The van der Waals surface area contributed by atoms with E-state index in [1.54, 1.807) is 7.05 Å². The van der Waals surface area contributed by atoms with E-state index in [-0.39, 0.29) is 12.0 Å². The molecule has 0 spiro atoms. The van der Waals surface area contributed by atoms with Gasteiger partial charge >= 0.3 is 0 Å². The van der Waals surface area contributed by atoms with Gasteiger partial charge in [0, 0.05) is 48.0 Å². The third-order valence-corrected chi connectivity index (χ3v) is 7.67. The fraction of sp³-hybridized carbons (Fsp3) is 0.478. The molecule has 0 radical (unpaired) electrons. The second-order valence-electron chi connectivity index (χ2n) is 8.27. The van der Waals surface area contributed by atoms with Crippen LogP contribution in [0.4, 0.5) is 5.82 Å². The van der Waals surface area contributed by atoms with Crippen LogP contribution < -0.4 is 10.6 Å². The van der Waals surface area contributed by atoms with Crippen LogP contribution in [0, 0.1) is 5.92 Å². The van der Waals surface area contributed by atoms with Gasteiger partial charge in [-0.05, 0) is 31.0 Å². The van der Waals surface area contributed by atoms with Gasteiger partial charge in [0.1, 0.15) is 23.9 Å². The Bertz CT molecular complexity index is 1040. The maximum Gasteiger partial charge on any atom is 0.145 e. The number of aromatic nitrogens is 3. The van der Waals surface area contributed by atoms with Crippen LogP contribution in [0.1, 0.15) is 18.0 Å². The van der Waals surface area contributed by atoms with E-state index in [1.165, 1.54) is 11.9 Å². The highest BCUT2D eigenvalue weighted by Gasteiger charge is 2.43. The van der Waals surface area contributed by atoms with Crippen molar-refractivity contribution < 1.29 is 14.4 Å². The molecule has 32 heavy (non-hydrogen) atoms. The zero-order valence-corrected chi connectivity index (χ0v) is 19.0. The van der Waals surface area contributed by atoms with Gasteiger partial charge in [0.25, 0.3) is 0 Å². The minimum Gasteiger partial charge on any atom is -0.390 e. The molecule has 5 atom stereocenters. The molecule has 1 aliphatic rings. The summed E-state index contributed by atoms with van der Waals surface area (Å²) in [4.78, 5) is 8.59. The summed E-state index contributed by atoms with van der Waals surface area (Å²) >= 11 is 0. The number of aliphatic hydroxyl groups is 2. The summed E-state index contributed by atoms with van der Waals surface area (Å²) in [5.41, 5.74) is 1.99. The van der Waals surface area contributed by atoms with Crippen LogP contribution in [0.3, 0.4) is 0 Å². The summed E-state index contributed by atoms with van der Waals surface area (Å²) in [6.07, 6.45) is 3.02. The third kappa shape index (κ3) is 5.01. The van der Waals surface area contributed by atoms with Gasteiger partial charge in [0.15, 0.2) is 0 Å². The Kier molecular flexibility index (Phi) is 7.51. The van der Waals surface area contributed by atoms with Gasteiger partial charge < -0.3 is 25.4 Å². The number of benzene rings is 1. The van der Waals surface area contributed by atoms with Crippen LogP contribution in [0.5, 0.6) is 0 Å². The molecule has 4 rings (SSSR count). The topological polar surface area (TPSA) is 112 Å². The first-order chi connectivity index (χ1) is 15.6. The number of aliphatic hydroxyl groups excluding tert-OH is 2. The van der Waals surface area contributed by atoms with Crippen molar-refractivity contribution in [3.05, 3.63) is 54.5 Å². The molecule has 1 aliphatic carbocycles. The molecule has 0 amide bonds. The highest BCUT2D eigenvalue weighted by Crippen LogP contribution is 2.38. The number of nitrogens with one attached hydrogen (secondary N) is 2. The predicted molar refractivity (Wildman–Crippen MR) is 127 cm³/mol. The second-order valence-corrected chi connectivity index (χ2v) is 9.89. The average molecular weight is 458 g/mol. The minimum atomic E-state index is -1.07. The van der Waals surface area contributed by atoms with Crippen LogP contribution in [0.15, 0.2) is 48.9 Å². The Morgan fingerprint density at radius 3 is 2.72 bits per heavy atom. The van der Waals surface area contributed by atoms with Crippen LogP contribution in [-0.4, -0.2) is 72.8 Å². The minimum absolute atomic E-state index is 0.219. The van der Waals surface area contributed by atoms with E-state index in [9.17, 15) is 14.4 Å². The Balaban J connectivity index is 1.29. The molecule has 3 aromatic rings. The van der Waals surface area contributed by atoms with Gasteiger partial charge in [0.05, 0.1) is 17.5 Å². The standard InChI is InChI=1S/C23H31N5O3S/c1-24-22-18-8-11-28(23(18)27-15-26-22)19-13-17(20(29)21(19)30)14-32(31)12-10-25-9-7-16-5-3-2-4-6-16/h2-6,8,11,15,17,19-21,25,29-30H,7,9-10,12-14H2,1H3,(H,24,26,27). The molecule has 172 valence electrons. The number of rotatable bonds is 10. The van der Waals surface area contributed by atoms with E-state index in [1.807, 2.05) is 35.0 Å². The van der Waals surface area contributed by atoms with Gasteiger partial charge in [-0.2, -0.15) is 0 Å². The van der Waals surface area contributed by atoms with Crippen LogP contribution in [0.25, 0.3) is 11.0 Å². The molecule has 8 nitrogen and oxygen atoms in total. The summed E-state index contributed by atoms with van der Waals surface area (Å²) in [5, 5.41) is 28.6. The number of anilines is 1. The number of fused-ring (bicyclic) bond motifs is 1. The molecule has 1 saturated carbocycles. The number of hydrogen-bond acceptors (Lipinski definition) is 7. The Hall–Kier alpha value is -2.33. The van der Waals surface area contributed by atoms with E-state index in [0.29, 0.717) is 30.1 Å². The summed E-state index contributed by atoms with van der Waals surface area (Å²) in [6.45, 7) is 1.51. The summed E-state index contributed by atoms with van der Waals surface area (Å²) in [6, 6.07) is 11.9. The Morgan fingerprint density at radius 2 is 1.94 bits per heavy atom. The first-order valence-corrected chi connectivity index (χ1v) is 12.5. The lowest BCUT2D eigenvalue weighted by molar-refractivity contribution is 0.0103. The lowest BCUT2D eigenvalue weighted by Crippen LogP contribution is -2.32. The van der Waals surface area contributed by atoms with Crippen molar-refractivity contribution in [3.63, 3.8) is 0 Å². The van der Waals surface area contributed by atoms with E-state index >= 15 is 0 Å². The smallest absolute Gasteiger partial charge is 0.145 e. The highest BCUT2D eigenvalue weighted by atomic mass is 32.2. The highest BCUT2D eigenvalue weighted by molar-refractivity contribution is 7.85. The normalized spacial score (nSPS) is 24.1. The monoisotopic (exact) mass is 457 g/mol. The maximum atomic E-state index is 12.6. The quantitative estimate of drug-likeness (QED) is 0.340. The van der Waals surface area contributed by atoms with E-state index < -0.39 is 23.0 Å². The molecule has 1 fully saturated rings. The maximum absolute atomic E-state index is 12.6. The lowest BCUT2D eigenvalue weighted by atomic mass is 10.1. The largest absolute Gasteiger partial charge is 0.390 e. The summed E-state index contributed by atoms with van der Waals surface area (Å²) in [5.74, 6) is 1.41. The van der Waals surface area contributed by atoms with Gasteiger partial charge in [-0.15, -0.1) is 0 Å². The van der Waals surface area contributed by atoms with Crippen molar-refractivity contribution in [1.29, 1.82) is 0 Å². The molecular formula is C23H31N5O3S. The zero-order chi connectivity index (χ0) is 22.5. The molecule has 2 heterocycles. The first kappa shape index (κ1) is 22.8. The molecule has 1 aromatic carbocycles. The molecule has 0 bridgehead atoms. The average Bonchev–Trinajstić information content (AvgIpc) is 3.36. The van der Waals surface area contributed by atoms with Crippen molar-refractivity contribution >= 4 is 27.7 Å². The molecule has 4 N–H and O–H groups in total. The third-order valence-electron chi connectivity index (χ3n) is 6.21. The van der Waals surface area contributed by atoms with Crippen molar-refractivity contribution in [2.75, 3.05) is 37.0 Å². The fourth-order valence-electron chi connectivity index (χ4n) is 4.49. The SMILES string of the molecule is CNc1ncnc2c1ccn2C1CC(CS(=O)CCNCCc2ccccc2)C(O)C1O.